The van der Waals surface area contributed by atoms with Crippen LogP contribution in [0.4, 0.5) is 4.39 Å². The average molecular weight is 290 g/mol. The van der Waals surface area contributed by atoms with Gasteiger partial charge in [0.2, 0.25) is 0 Å². The largest absolute Gasteiger partial charge is 0.312 e. The smallest absolute Gasteiger partial charge is 0.129 e. The first kappa shape index (κ1) is 14.1. The van der Waals surface area contributed by atoms with Crippen molar-refractivity contribution in [2.75, 3.05) is 12.4 Å². The third kappa shape index (κ3) is 3.59. The molecule has 2 rings (SSSR count). The number of rotatable bonds is 5. The predicted molar refractivity (Wildman–Crippen MR) is 74.7 cm³/mol. The molecule has 0 amide bonds. The molecule has 0 spiro atoms. The summed E-state index contributed by atoms with van der Waals surface area (Å²) in [5.74, 6) is 1.75. The molecule has 0 aliphatic heterocycles. The molecule has 2 unspecified atom stereocenters. The van der Waals surface area contributed by atoms with Crippen molar-refractivity contribution in [1.82, 2.24) is 5.32 Å². The molecule has 0 radical (unpaired) electrons. The van der Waals surface area contributed by atoms with Gasteiger partial charge in [0.1, 0.15) is 5.82 Å². The maximum absolute atomic E-state index is 13.5. The fourth-order valence-corrected chi connectivity index (χ4v) is 3.21. The van der Waals surface area contributed by atoms with Crippen molar-refractivity contribution < 1.29 is 4.39 Å². The highest BCUT2D eigenvalue weighted by molar-refractivity contribution is 6.30. The van der Waals surface area contributed by atoms with Gasteiger partial charge in [-0.05, 0) is 43.4 Å². The van der Waals surface area contributed by atoms with E-state index in [1.807, 2.05) is 0 Å². The minimum absolute atomic E-state index is 0.240. The molecule has 0 bridgehead atoms. The van der Waals surface area contributed by atoms with Crippen LogP contribution in [0.15, 0.2) is 18.2 Å². The summed E-state index contributed by atoms with van der Waals surface area (Å²) in [5, 5.41) is 3.77. The van der Waals surface area contributed by atoms with E-state index in [-0.39, 0.29) is 5.82 Å². The summed E-state index contributed by atoms with van der Waals surface area (Å²) in [5.41, 5.74) is 0.667. The van der Waals surface area contributed by atoms with Crippen LogP contribution in [-0.2, 0) is 6.54 Å². The van der Waals surface area contributed by atoms with Crippen molar-refractivity contribution in [3.63, 3.8) is 0 Å². The van der Waals surface area contributed by atoms with E-state index in [0.29, 0.717) is 29.0 Å². The van der Waals surface area contributed by atoms with Gasteiger partial charge in [-0.15, -0.1) is 11.6 Å². The average Bonchev–Trinajstić information content (AvgIpc) is 2.79. The van der Waals surface area contributed by atoms with E-state index >= 15 is 0 Å². The quantitative estimate of drug-likeness (QED) is 0.800. The van der Waals surface area contributed by atoms with Crippen LogP contribution in [0, 0.1) is 17.7 Å². The molecule has 1 aromatic rings. The summed E-state index contributed by atoms with van der Waals surface area (Å²) in [7, 11) is 0. The molecular weight excluding hydrogens is 272 g/mol. The Bertz CT molecular complexity index is 397. The zero-order valence-corrected chi connectivity index (χ0v) is 11.8. The number of nitrogens with one attached hydrogen (secondary N) is 1. The highest BCUT2D eigenvalue weighted by Crippen LogP contribution is 2.32. The highest BCUT2D eigenvalue weighted by Gasteiger charge is 2.25. The van der Waals surface area contributed by atoms with Crippen molar-refractivity contribution in [1.29, 1.82) is 0 Å². The first-order valence-electron chi connectivity index (χ1n) is 6.41. The lowest BCUT2D eigenvalue weighted by Gasteiger charge is -2.17. The van der Waals surface area contributed by atoms with E-state index in [1.54, 1.807) is 12.1 Å². The van der Waals surface area contributed by atoms with Gasteiger partial charge < -0.3 is 5.32 Å². The summed E-state index contributed by atoms with van der Waals surface area (Å²) in [6.45, 7) is 1.47. The standard InChI is InChI=1S/C14H18Cl2FN/c15-7-10-2-1-3-11(10)8-18-9-12-4-5-13(16)6-14(12)17/h4-6,10-11,18H,1-3,7-9H2. The molecule has 4 heteroatoms. The number of benzene rings is 1. The van der Waals surface area contributed by atoms with Crippen molar-refractivity contribution in [3.05, 3.63) is 34.6 Å². The van der Waals surface area contributed by atoms with Gasteiger partial charge in [-0.3, -0.25) is 0 Å². The van der Waals surface area contributed by atoms with Gasteiger partial charge in [0.25, 0.3) is 0 Å². The molecule has 1 aliphatic carbocycles. The normalized spacial score (nSPS) is 23.5. The molecule has 1 nitrogen and oxygen atoms in total. The van der Waals surface area contributed by atoms with Gasteiger partial charge in [0.05, 0.1) is 0 Å². The van der Waals surface area contributed by atoms with E-state index in [1.165, 1.54) is 25.3 Å². The van der Waals surface area contributed by atoms with Crippen LogP contribution in [0.2, 0.25) is 5.02 Å². The van der Waals surface area contributed by atoms with Crippen molar-refractivity contribution in [3.8, 4) is 0 Å². The lowest BCUT2D eigenvalue weighted by atomic mass is 9.98. The summed E-state index contributed by atoms with van der Waals surface area (Å²) >= 11 is 11.7. The highest BCUT2D eigenvalue weighted by atomic mass is 35.5. The van der Waals surface area contributed by atoms with Crippen LogP contribution in [0.3, 0.4) is 0 Å². The van der Waals surface area contributed by atoms with E-state index in [4.69, 9.17) is 23.2 Å². The van der Waals surface area contributed by atoms with Crippen LogP contribution in [0.5, 0.6) is 0 Å². The summed E-state index contributed by atoms with van der Waals surface area (Å²) in [6.07, 6.45) is 3.72. The Labute approximate surface area is 118 Å². The van der Waals surface area contributed by atoms with Gasteiger partial charge in [0, 0.05) is 23.0 Å². The van der Waals surface area contributed by atoms with Crippen molar-refractivity contribution >= 4 is 23.2 Å². The lowest BCUT2D eigenvalue weighted by molar-refractivity contribution is 0.394. The minimum Gasteiger partial charge on any atom is -0.312 e. The van der Waals surface area contributed by atoms with Gasteiger partial charge in [-0.25, -0.2) is 4.39 Å². The molecule has 1 N–H and O–H groups in total. The van der Waals surface area contributed by atoms with Gasteiger partial charge in [-0.1, -0.05) is 24.1 Å². The maximum atomic E-state index is 13.5. The third-order valence-electron chi connectivity index (χ3n) is 3.75. The van der Waals surface area contributed by atoms with Crippen LogP contribution in [0.25, 0.3) is 0 Å². The van der Waals surface area contributed by atoms with E-state index in [2.05, 4.69) is 5.32 Å². The second-order valence-electron chi connectivity index (χ2n) is 4.97. The zero-order chi connectivity index (χ0) is 13.0. The number of hydrogen-bond donors (Lipinski definition) is 1. The second kappa shape index (κ2) is 6.74. The molecule has 1 saturated carbocycles. The molecule has 18 heavy (non-hydrogen) atoms. The Balaban J connectivity index is 1.81. The first-order chi connectivity index (χ1) is 8.70. The Morgan fingerprint density at radius 1 is 1.28 bits per heavy atom. The van der Waals surface area contributed by atoms with E-state index in [0.717, 1.165) is 12.4 Å². The van der Waals surface area contributed by atoms with E-state index in [9.17, 15) is 4.39 Å². The molecule has 1 aromatic carbocycles. The summed E-state index contributed by atoms with van der Waals surface area (Å²) in [4.78, 5) is 0. The van der Waals surface area contributed by atoms with Crippen LogP contribution in [-0.4, -0.2) is 12.4 Å². The maximum Gasteiger partial charge on any atom is 0.129 e. The monoisotopic (exact) mass is 289 g/mol. The van der Waals surface area contributed by atoms with E-state index < -0.39 is 0 Å². The molecule has 0 saturated heterocycles. The minimum atomic E-state index is -0.240. The number of hydrogen-bond acceptors (Lipinski definition) is 1. The number of alkyl halides is 1. The van der Waals surface area contributed by atoms with Crippen LogP contribution < -0.4 is 5.32 Å². The third-order valence-corrected chi connectivity index (χ3v) is 4.38. The SMILES string of the molecule is Fc1cc(Cl)ccc1CNCC1CCCC1CCl. The number of halogens is 3. The van der Waals surface area contributed by atoms with Gasteiger partial charge in [-0.2, -0.15) is 0 Å². The second-order valence-corrected chi connectivity index (χ2v) is 5.72. The zero-order valence-electron chi connectivity index (χ0n) is 10.3. The van der Waals surface area contributed by atoms with Gasteiger partial charge >= 0.3 is 0 Å². The van der Waals surface area contributed by atoms with Crippen molar-refractivity contribution in [2.24, 2.45) is 11.8 Å². The Kier molecular flexibility index (Phi) is 5.28. The predicted octanol–water partition coefficient (Wildman–Crippen LogP) is 4.22. The fraction of sp³-hybridized carbons (Fsp3) is 0.571. The fourth-order valence-electron chi connectivity index (χ4n) is 2.64. The topological polar surface area (TPSA) is 12.0 Å². The molecule has 0 heterocycles. The van der Waals surface area contributed by atoms with Crippen LogP contribution >= 0.6 is 23.2 Å². The first-order valence-corrected chi connectivity index (χ1v) is 7.32. The van der Waals surface area contributed by atoms with Crippen LogP contribution in [0.1, 0.15) is 24.8 Å². The Hall–Kier alpha value is -0.310. The van der Waals surface area contributed by atoms with Gasteiger partial charge in [0.15, 0.2) is 0 Å². The Morgan fingerprint density at radius 2 is 2.06 bits per heavy atom. The molecule has 2 atom stereocenters. The summed E-state index contributed by atoms with van der Waals surface area (Å²) < 4.78 is 13.5. The molecular formula is C14H18Cl2FN. The van der Waals surface area contributed by atoms with Crippen molar-refractivity contribution in [2.45, 2.75) is 25.8 Å². The lowest BCUT2D eigenvalue weighted by Crippen LogP contribution is -2.26. The molecule has 1 aliphatic rings. The Morgan fingerprint density at radius 3 is 2.78 bits per heavy atom. The molecule has 100 valence electrons. The summed E-state index contributed by atoms with van der Waals surface area (Å²) in [6, 6.07) is 4.81. The molecule has 1 fully saturated rings. The molecule has 0 aromatic heterocycles.